The molecule has 0 radical (unpaired) electrons. The lowest BCUT2D eigenvalue weighted by Gasteiger charge is -1.92. The smallest absolute Gasteiger partial charge is 0.0431 e. The van der Waals surface area contributed by atoms with E-state index in [1.807, 2.05) is 19.9 Å². The molecule has 0 rings (SSSR count). The average Bonchev–Trinajstić information content (AvgIpc) is 1.87. The van der Waals surface area contributed by atoms with Gasteiger partial charge in [-0.2, -0.15) is 0 Å². The van der Waals surface area contributed by atoms with E-state index >= 15 is 0 Å². The number of rotatable bonds is 2. The van der Waals surface area contributed by atoms with E-state index in [1.165, 1.54) is 0 Å². The molecule has 0 spiro atoms. The molecule has 0 unspecified atom stereocenters. The van der Waals surface area contributed by atoms with Crippen LogP contribution in [0.5, 0.6) is 0 Å². The van der Waals surface area contributed by atoms with Gasteiger partial charge in [-0.1, -0.05) is 30.3 Å². The summed E-state index contributed by atoms with van der Waals surface area (Å²) in [6, 6.07) is 0. The Hall–Kier alpha value is -0.490. The molecule has 0 aromatic carbocycles. The zero-order valence-corrected chi connectivity index (χ0v) is 6.57. The molecule has 0 nitrogen and oxygen atoms in total. The molecule has 0 heterocycles. The lowest BCUT2D eigenvalue weighted by atomic mass is 10.2. The summed E-state index contributed by atoms with van der Waals surface area (Å²) in [5.74, 6) is 0. The summed E-state index contributed by atoms with van der Waals surface area (Å²) in [4.78, 5) is 0. The van der Waals surface area contributed by atoms with Gasteiger partial charge in [-0.25, -0.2) is 0 Å². The first-order valence-electron chi connectivity index (χ1n) is 2.84. The molecular formula is C8H11Cl. The van der Waals surface area contributed by atoms with Gasteiger partial charge in [-0.15, -0.1) is 0 Å². The maximum absolute atomic E-state index is 5.75. The van der Waals surface area contributed by atoms with Crippen molar-refractivity contribution >= 4 is 11.6 Å². The Morgan fingerprint density at radius 3 is 2.44 bits per heavy atom. The second kappa shape index (κ2) is 4.39. The second-order valence-electron chi connectivity index (χ2n) is 1.72. The standard InChI is InChI=1S/C8H11Cl/c1-4-6-8(9)7(3)5-2/h4-6H,1H2,2-3H3/b7-5+,8-6+. The molecule has 0 fully saturated rings. The van der Waals surface area contributed by atoms with Crippen molar-refractivity contribution in [2.75, 3.05) is 0 Å². The Kier molecular flexibility index (Phi) is 4.16. The minimum absolute atomic E-state index is 0.757. The van der Waals surface area contributed by atoms with Crippen molar-refractivity contribution in [3.8, 4) is 0 Å². The van der Waals surface area contributed by atoms with Crippen LogP contribution in [-0.4, -0.2) is 0 Å². The molecule has 0 aliphatic heterocycles. The highest BCUT2D eigenvalue weighted by atomic mass is 35.5. The monoisotopic (exact) mass is 142 g/mol. The summed E-state index contributed by atoms with van der Waals surface area (Å²) < 4.78 is 0. The fourth-order valence-corrected chi connectivity index (χ4v) is 0.571. The largest absolute Gasteiger partial charge is 0.0990 e. The van der Waals surface area contributed by atoms with Crippen LogP contribution in [0.4, 0.5) is 0 Å². The fraction of sp³-hybridized carbons (Fsp3) is 0.250. The lowest BCUT2D eigenvalue weighted by Crippen LogP contribution is -1.71. The van der Waals surface area contributed by atoms with Gasteiger partial charge in [0, 0.05) is 5.03 Å². The first-order valence-corrected chi connectivity index (χ1v) is 3.21. The fourth-order valence-electron chi connectivity index (χ4n) is 0.373. The van der Waals surface area contributed by atoms with Crippen LogP contribution in [0.2, 0.25) is 0 Å². The van der Waals surface area contributed by atoms with E-state index in [9.17, 15) is 0 Å². The molecule has 0 aliphatic rings. The Labute approximate surface area is 61.5 Å². The van der Waals surface area contributed by atoms with Crippen molar-refractivity contribution in [1.82, 2.24) is 0 Å². The van der Waals surface area contributed by atoms with E-state index in [0.29, 0.717) is 0 Å². The molecule has 50 valence electrons. The van der Waals surface area contributed by atoms with Crippen molar-refractivity contribution in [3.05, 3.63) is 35.4 Å². The number of allylic oxidation sites excluding steroid dienone is 5. The van der Waals surface area contributed by atoms with Crippen LogP contribution in [0.25, 0.3) is 0 Å². The molecule has 0 amide bonds. The van der Waals surface area contributed by atoms with E-state index in [-0.39, 0.29) is 0 Å². The van der Waals surface area contributed by atoms with Crippen LogP contribution in [0.15, 0.2) is 35.4 Å². The van der Waals surface area contributed by atoms with Gasteiger partial charge in [0.1, 0.15) is 0 Å². The maximum Gasteiger partial charge on any atom is 0.0431 e. The minimum Gasteiger partial charge on any atom is -0.0990 e. The molecule has 0 N–H and O–H groups in total. The van der Waals surface area contributed by atoms with Gasteiger partial charge in [0.2, 0.25) is 0 Å². The summed E-state index contributed by atoms with van der Waals surface area (Å²) in [6.45, 7) is 7.44. The Morgan fingerprint density at radius 1 is 1.56 bits per heavy atom. The minimum atomic E-state index is 0.757. The topological polar surface area (TPSA) is 0 Å². The molecule has 0 bridgehead atoms. The third-order valence-electron chi connectivity index (χ3n) is 1.07. The van der Waals surface area contributed by atoms with Gasteiger partial charge >= 0.3 is 0 Å². The van der Waals surface area contributed by atoms with Gasteiger partial charge in [0.15, 0.2) is 0 Å². The SMILES string of the molecule is C=C/C=C(Cl)\C(C)=C\C. The van der Waals surface area contributed by atoms with Gasteiger partial charge in [0.05, 0.1) is 0 Å². The van der Waals surface area contributed by atoms with E-state index in [1.54, 1.807) is 12.2 Å². The van der Waals surface area contributed by atoms with Gasteiger partial charge < -0.3 is 0 Å². The first kappa shape index (κ1) is 8.51. The highest BCUT2D eigenvalue weighted by molar-refractivity contribution is 6.32. The predicted octanol–water partition coefficient (Wildman–Crippen LogP) is 3.26. The molecular weight excluding hydrogens is 132 g/mol. The van der Waals surface area contributed by atoms with Crippen LogP contribution in [0.1, 0.15) is 13.8 Å². The third kappa shape index (κ3) is 3.15. The van der Waals surface area contributed by atoms with Crippen LogP contribution < -0.4 is 0 Å². The summed E-state index contributed by atoms with van der Waals surface area (Å²) in [5.41, 5.74) is 1.08. The predicted molar refractivity (Wildman–Crippen MR) is 43.6 cm³/mol. The van der Waals surface area contributed by atoms with Gasteiger partial charge in [-0.3, -0.25) is 0 Å². The van der Waals surface area contributed by atoms with Gasteiger partial charge in [0.25, 0.3) is 0 Å². The Bertz CT molecular complexity index is 152. The van der Waals surface area contributed by atoms with E-state index < -0.39 is 0 Å². The van der Waals surface area contributed by atoms with Crippen LogP contribution in [0.3, 0.4) is 0 Å². The first-order chi connectivity index (χ1) is 4.22. The molecule has 9 heavy (non-hydrogen) atoms. The highest BCUT2D eigenvalue weighted by Crippen LogP contribution is 2.12. The quantitative estimate of drug-likeness (QED) is 0.520. The van der Waals surface area contributed by atoms with Crippen molar-refractivity contribution in [2.45, 2.75) is 13.8 Å². The van der Waals surface area contributed by atoms with Crippen molar-refractivity contribution in [2.24, 2.45) is 0 Å². The van der Waals surface area contributed by atoms with E-state index in [2.05, 4.69) is 6.58 Å². The zero-order chi connectivity index (χ0) is 7.28. The molecule has 0 atom stereocenters. The van der Waals surface area contributed by atoms with Gasteiger partial charge in [-0.05, 0) is 25.5 Å². The van der Waals surface area contributed by atoms with Crippen LogP contribution in [0, 0.1) is 0 Å². The number of hydrogen-bond donors (Lipinski definition) is 0. The molecule has 1 heteroatoms. The van der Waals surface area contributed by atoms with E-state index in [4.69, 9.17) is 11.6 Å². The zero-order valence-electron chi connectivity index (χ0n) is 5.82. The summed E-state index contributed by atoms with van der Waals surface area (Å²) in [6.07, 6.45) is 5.41. The van der Waals surface area contributed by atoms with Crippen LogP contribution in [-0.2, 0) is 0 Å². The van der Waals surface area contributed by atoms with Crippen molar-refractivity contribution in [3.63, 3.8) is 0 Å². The molecule has 0 saturated heterocycles. The highest BCUT2D eigenvalue weighted by Gasteiger charge is 1.88. The van der Waals surface area contributed by atoms with E-state index in [0.717, 1.165) is 10.6 Å². The average molecular weight is 143 g/mol. The molecule has 0 aliphatic carbocycles. The van der Waals surface area contributed by atoms with Crippen molar-refractivity contribution < 1.29 is 0 Å². The maximum atomic E-state index is 5.75. The third-order valence-corrected chi connectivity index (χ3v) is 1.50. The Morgan fingerprint density at radius 2 is 2.11 bits per heavy atom. The summed E-state index contributed by atoms with van der Waals surface area (Å²) >= 11 is 5.75. The summed E-state index contributed by atoms with van der Waals surface area (Å²) in [7, 11) is 0. The number of halogens is 1. The van der Waals surface area contributed by atoms with Crippen molar-refractivity contribution in [1.29, 1.82) is 0 Å². The number of hydrogen-bond acceptors (Lipinski definition) is 0. The second-order valence-corrected chi connectivity index (χ2v) is 2.13. The molecule has 0 aromatic rings. The molecule has 0 aromatic heterocycles. The van der Waals surface area contributed by atoms with Crippen LogP contribution >= 0.6 is 11.6 Å². The lowest BCUT2D eigenvalue weighted by molar-refractivity contribution is 1.45. The Balaban J connectivity index is 4.19. The normalized spacial score (nSPS) is 13.7. The summed E-state index contributed by atoms with van der Waals surface area (Å²) in [5, 5.41) is 0.757. The molecule has 0 saturated carbocycles.